The normalized spacial score (nSPS) is 18.9. The fourth-order valence-corrected chi connectivity index (χ4v) is 4.34. The van der Waals surface area contributed by atoms with Crippen LogP contribution in [0.1, 0.15) is 23.7 Å². The third-order valence-corrected chi connectivity index (χ3v) is 5.92. The van der Waals surface area contributed by atoms with Crippen molar-refractivity contribution < 1.29 is 14.3 Å². The molecule has 2 unspecified atom stereocenters. The summed E-state index contributed by atoms with van der Waals surface area (Å²) in [5.74, 6) is -0.130. The Balaban J connectivity index is 1.26. The second-order valence-electron chi connectivity index (χ2n) is 8.11. The van der Waals surface area contributed by atoms with Gasteiger partial charge in [-0.1, -0.05) is 30.3 Å². The second kappa shape index (κ2) is 8.43. The molecular weight excluding hydrogens is 408 g/mol. The van der Waals surface area contributed by atoms with Crippen molar-refractivity contribution in [3.8, 4) is 11.1 Å². The molecule has 3 heterocycles. The number of H-pyrrole nitrogens is 1. The summed E-state index contributed by atoms with van der Waals surface area (Å²) in [6, 6.07) is 14.5. The lowest BCUT2D eigenvalue weighted by molar-refractivity contribution is -0.119. The van der Waals surface area contributed by atoms with E-state index in [4.69, 9.17) is 4.74 Å². The van der Waals surface area contributed by atoms with Crippen LogP contribution in [-0.2, 0) is 29.0 Å². The molecule has 1 aromatic heterocycles. The van der Waals surface area contributed by atoms with Crippen molar-refractivity contribution in [1.82, 2.24) is 26.0 Å². The van der Waals surface area contributed by atoms with Crippen LogP contribution in [0.25, 0.3) is 11.1 Å². The van der Waals surface area contributed by atoms with Crippen molar-refractivity contribution in [1.29, 1.82) is 0 Å². The molecule has 0 spiro atoms. The number of hydrogen-bond donors (Lipinski definition) is 3. The first kappa shape index (κ1) is 20.2. The standard InChI is InChI=1S/C23H24N6O3/c1-14(30)25-13-22-21-9-18-8-17(6-7-20(18)29(21)23(31)32-22)16-4-2-15(3-5-16)10-24-11-19-12-26-28-27-19/h2-8,12,21-22,24H,9-11,13H2,1H3,(H,25,30)(H,26,27,28). The lowest BCUT2D eigenvalue weighted by atomic mass is 9.99. The third kappa shape index (κ3) is 3.94. The number of benzene rings is 2. The molecule has 5 rings (SSSR count). The van der Waals surface area contributed by atoms with Gasteiger partial charge in [0.2, 0.25) is 5.91 Å². The molecule has 9 heteroatoms. The van der Waals surface area contributed by atoms with Crippen LogP contribution < -0.4 is 15.5 Å². The Morgan fingerprint density at radius 3 is 2.75 bits per heavy atom. The summed E-state index contributed by atoms with van der Waals surface area (Å²) in [6.07, 6.45) is 1.73. The molecule has 0 aliphatic carbocycles. The highest BCUT2D eigenvalue weighted by Crippen LogP contribution is 2.40. The van der Waals surface area contributed by atoms with Gasteiger partial charge in [0.1, 0.15) is 6.10 Å². The first-order chi connectivity index (χ1) is 15.6. The van der Waals surface area contributed by atoms with E-state index in [2.05, 4.69) is 56.4 Å². The fourth-order valence-electron chi connectivity index (χ4n) is 4.34. The smallest absolute Gasteiger partial charge is 0.415 e. The lowest BCUT2D eigenvalue weighted by Gasteiger charge is -2.16. The number of anilines is 1. The number of carbonyl (C=O) groups is 2. The van der Waals surface area contributed by atoms with Gasteiger partial charge in [-0.2, -0.15) is 15.4 Å². The molecule has 2 aromatic carbocycles. The molecule has 2 amide bonds. The Labute approximate surface area is 185 Å². The maximum absolute atomic E-state index is 12.4. The number of nitrogens with one attached hydrogen (secondary N) is 3. The number of cyclic esters (lactones) is 1. The zero-order valence-electron chi connectivity index (χ0n) is 17.7. The summed E-state index contributed by atoms with van der Waals surface area (Å²) < 4.78 is 5.48. The fraction of sp³-hybridized carbons (Fsp3) is 0.304. The van der Waals surface area contributed by atoms with Gasteiger partial charge in [-0.05, 0) is 40.8 Å². The van der Waals surface area contributed by atoms with Crippen molar-refractivity contribution in [2.75, 3.05) is 11.4 Å². The minimum atomic E-state index is -0.348. The average molecular weight is 432 g/mol. The van der Waals surface area contributed by atoms with Crippen molar-refractivity contribution in [2.45, 2.75) is 38.6 Å². The Morgan fingerprint density at radius 1 is 1.19 bits per heavy atom. The Kier molecular flexibility index (Phi) is 5.32. The van der Waals surface area contributed by atoms with Crippen LogP contribution in [0.5, 0.6) is 0 Å². The molecule has 1 fully saturated rings. The molecule has 1 saturated heterocycles. The van der Waals surface area contributed by atoms with Crippen molar-refractivity contribution >= 4 is 17.7 Å². The van der Waals surface area contributed by atoms with Crippen LogP contribution in [0.4, 0.5) is 10.5 Å². The molecule has 2 atom stereocenters. The number of rotatable bonds is 7. The lowest BCUT2D eigenvalue weighted by Crippen LogP contribution is -2.40. The summed E-state index contributed by atoms with van der Waals surface area (Å²) in [5.41, 5.74) is 6.31. The van der Waals surface area contributed by atoms with E-state index in [0.29, 0.717) is 19.5 Å². The highest BCUT2D eigenvalue weighted by atomic mass is 16.6. The highest BCUT2D eigenvalue weighted by molar-refractivity contribution is 5.94. The highest BCUT2D eigenvalue weighted by Gasteiger charge is 2.47. The number of aromatic amines is 1. The molecule has 2 aliphatic rings. The van der Waals surface area contributed by atoms with Gasteiger partial charge in [0.25, 0.3) is 0 Å². The van der Waals surface area contributed by atoms with E-state index in [9.17, 15) is 9.59 Å². The number of carbonyl (C=O) groups excluding carboxylic acids is 2. The first-order valence-electron chi connectivity index (χ1n) is 10.6. The topological polar surface area (TPSA) is 112 Å². The molecule has 0 bridgehead atoms. The summed E-state index contributed by atoms with van der Waals surface area (Å²) in [7, 11) is 0. The molecule has 3 N–H and O–H groups in total. The largest absolute Gasteiger partial charge is 0.442 e. The summed E-state index contributed by atoms with van der Waals surface area (Å²) in [4.78, 5) is 25.4. The van der Waals surface area contributed by atoms with Gasteiger partial charge >= 0.3 is 6.09 Å². The van der Waals surface area contributed by atoms with E-state index < -0.39 is 0 Å². The minimum Gasteiger partial charge on any atom is -0.442 e. The molecule has 0 radical (unpaired) electrons. The predicted octanol–water partition coefficient (Wildman–Crippen LogP) is 2.15. The predicted molar refractivity (Wildman–Crippen MR) is 118 cm³/mol. The summed E-state index contributed by atoms with van der Waals surface area (Å²) >= 11 is 0. The van der Waals surface area contributed by atoms with E-state index >= 15 is 0 Å². The van der Waals surface area contributed by atoms with E-state index in [1.54, 1.807) is 11.1 Å². The van der Waals surface area contributed by atoms with Crippen LogP contribution in [0.2, 0.25) is 0 Å². The average Bonchev–Trinajstić information content (AvgIpc) is 3.50. The van der Waals surface area contributed by atoms with Gasteiger partial charge in [0.15, 0.2) is 0 Å². The number of nitrogens with zero attached hydrogens (tertiary/aromatic N) is 3. The van der Waals surface area contributed by atoms with E-state index in [1.807, 2.05) is 12.1 Å². The Hall–Kier alpha value is -3.72. The number of hydrogen-bond acceptors (Lipinski definition) is 6. The monoisotopic (exact) mass is 432 g/mol. The number of amides is 2. The summed E-state index contributed by atoms with van der Waals surface area (Å²) in [5, 5.41) is 16.5. The van der Waals surface area contributed by atoms with Gasteiger partial charge in [-0.25, -0.2) is 4.79 Å². The van der Waals surface area contributed by atoms with Gasteiger partial charge in [0, 0.05) is 20.0 Å². The molecular formula is C23H24N6O3. The molecule has 0 saturated carbocycles. The van der Waals surface area contributed by atoms with Crippen LogP contribution in [0.15, 0.2) is 48.7 Å². The minimum absolute atomic E-state index is 0.0854. The zero-order valence-corrected chi connectivity index (χ0v) is 17.7. The zero-order chi connectivity index (χ0) is 22.1. The van der Waals surface area contributed by atoms with Crippen LogP contribution in [0.3, 0.4) is 0 Å². The van der Waals surface area contributed by atoms with Gasteiger partial charge in [-0.3, -0.25) is 9.69 Å². The Bertz CT molecular complexity index is 1130. The second-order valence-corrected chi connectivity index (χ2v) is 8.11. The van der Waals surface area contributed by atoms with Crippen molar-refractivity contribution in [2.24, 2.45) is 0 Å². The molecule has 164 valence electrons. The van der Waals surface area contributed by atoms with Crippen LogP contribution in [-0.4, -0.2) is 46.1 Å². The molecule has 3 aromatic rings. The van der Waals surface area contributed by atoms with E-state index in [0.717, 1.165) is 34.6 Å². The quantitative estimate of drug-likeness (QED) is 0.527. The van der Waals surface area contributed by atoms with Gasteiger partial charge in [0.05, 0.1) is 30.2 Å². The van der Waals surface area contributed by atoms with Crippen molar-refractivity contribution in [3.63, 3.8) is 0 Å². The van der Waals surface area contributed by atoms with Crippen LogP contribution in [0, 0.1) is 0 Å². The van der Waals surface area contributed by atoms with E-state index in [-0.39, 0.29) is 24.1 Å². The Morgan fingerprint density at radius 2 is 2.00 bits per heavy atom. The first-order valence-corrected chi connectivity index (χ1v) is 10.6. The van der Waals surface area contributed by atoms with Crippen LogP contribution >= 0.6 is 0 Å². The van der Waals surface area contributed by atoms with Gasteiger partial charge in [-0.15, -0.1) is 0 Å². The SMILES string of the molecule is CC(=O)NCC1OC(=O)N2c3ccc(-c4ccc(CNCc5cn[nH]n5)cc4)cc3CC12. The van der Waals surface area contributed by atoms with Gasteiger partial charge < -0.3 is 15.4 Å². The molecule has 2 aliphatic heterocycles. The van der Waals surface area contributed by atoms with E-state index in [1.165, 1.54) is 12.5 Å². The number of ether oxygens (including phenoxy) is 1. The molecule has 32 heavy (non-hydrogen) atoms. The number of fused-ring (bicyclic) bond motifs is 3. The maximum Gasteiger partial charge on any atom is 0.415 e. The third-order valence-electron chi connectivity index (χ3n) is 5.92. The number of aromatic nitrogens is 3. The summed E-state index contributed by atoms with van der Waals surface area (Å²) in [6.45, 7) is 3.19. The molecule has 9 nitrogen and oxygen atoms in total. The maximum atomic E-state index is 12.4. The van der Waals surface area contributed by atoms with Crippen molar-refractivity contribution in [3.05, 3.63) is 65.5 Å².